The number of benzene rings is 6. The minimum absolute atomic E-state index is 0.0391. The van der Waals surface area contributed by atoms with E-state index in [9.17, 15) is 19.8 Å². The van der Waals surface area contributed by atoms with Crippen molar-refractivity contribution in [3.63, 3.8) is 0 Å². The van der Waals surface area contributed by atoms with Gasteiger partial charge in [-0.2, -0.15) is 0 Å². The number of carbonyl (C=O) groups excluding carboxylic acids is 1. The van der Waals surface area contributed by atoms with E-state index in [2.05, 4.69) is 27.7 Å². The highest BCUT2D eigenvalue weighted by atomic mass is 16.5. The lowest BCUT2D eigenvalue weighted by molar-refractivity contribution is 0.0679. The molecule has 0 saturated heterocycles. The summed E-state index contributed by atoms with van der Waals surface area (Å²) in [7, 11) is 0. The van der Waals surface area contributed by atoms with Crippen molar-refractivity contribution >= 4 is 11.9 Å². The molecule has 0 saturated carbocycles. The second-order valence-corrected chi connectivity index (χ2v) is 15.7. The Balaban J connectivity index is 1.57. The summed E-state index contributed by atoms with van der Waals surface area (Å²) in [6.07, 6.45) is 0. The lowest BCUT2D eigenvalue weighted by atomic mass is 9.72. The molecule has 54 heavy (non-hydrogen) atoms. The fourth-order valence-corrected chi connectivity index (χ4v) is 7.35. The molecule has 0 bridgehead atoms. The zero-order valence-corrected chi connectivity index (χ0v) is 32.1. The van der Waals surface area contributed by atoms with E-state index in [-0.39, 0.29) is 28.5 Å². The van der Waals surface area contributed by atoms with Crippen LogP contribution in [0.1, 0.15) is 120 Å². The van der Waals surface area contributed by atoms with Gasteiger partial charge < -0.3 is 14.9 Å². The van der Waals surface area contributed by atoms with Crippen LogP contribution >= 0.6 is 0 Å². The Labute approximate surface area is 318 Å². The summed E-state index contributed by atoms with van der Waals surface area (Å²) >= 11 is 0. The lowest BCUT2D eigenvalue weighted by Gasteiger charge is -2.33. The van der Waals surface area contributed by atoms with Crippen molar-refractivity contribution in [1.29, 1.82) is 0 Å². The normalized spacial score (nSPS) is 12.6. The number of esters is 1. The number of ether oxygens (including phenoxy) is 1. The third-order valence-electron chi connectivity index (χ3n) is 11.2. The molecular formula is C49H48O5. The molecule has 5 heteroatoms. The average Bonchev–Trinajstić information content (AvgIpc) is 3.18. The number of hydrogen-bond acceptors (Lipinski definition) is 4. The molecule has 0 amide bonds. The van der Waals surface area contributed by atoms with Gasteiger partial charge in [0, 0.05) is 33.3 Å². The molecule has 6 aromatic rings. The molecule has 6 aromatic carbocycles. The van der Waals surface area contributed by atoms with Crippen LogP contribution in [-0.4, -0.2) is 22.2 Å². The number of rotatable bonds is 11. The van der Waals surface area contributed by atoms with Crippen molar-refractivity contribution < 1.29 is 24.5 Å². The predicted molar refractivity (Wildman–Crippen MR) is 216 cm³/mol. The third kappa shape index (κ3) is 7.19. The number of aromatic hydroxyl groups is 1. The van der Waals surface area contributed by atoms with Gasteiger partial charge >= 0.3 is 11.9 Å². The Morgan fingerprint density at radius 1 is 0.537 bits per heavy atom. The van der Waals surface area contributed by atoms with Gasteiger partial charge in [-0.05, 0) is 45.5 Å². The highest BCUT2D eigenvalue weighted by Crippen LogP contribution is 2.45. The van der Waals surface area contributed by atoms with E-state index in [1.807, 2.05) is 154 Å². The fourth-order valence-electron chi connectivity index (χ4n) is 7.35. The number of phenolic OH excluding ortho intramolecular Hbond substituents is 1. The van der Waals surface area contributed by atoms with Crippen LogP contribution < -0.4 is 4.74 Å². The van der Waals surface area contributed by atoms with Crippen LogP contribution in [0.15, 0.2) is 146 Å². The first kappa shape index (κ1) is 37.8. The number of carboxylic acid groups (broad SMARTS) is 1. The van der Waals surface area contributed by atoms with Gasteiger partial charge in [-0.25, -0.2) is 9.59 Å². The van der Waals surface area contributed by atoms with Gasteiger partial charge in [-0.1, -0.05) is 182 Å². The smallest absolute Gasteiger partial charge is 0.347 e. The first-order chi connectivity index (χ1) is 25.6. The maximum atomic E-state index is 14.7. The van der Waals surface area contributed by atoms with Gasteiger partial charge in [0.15, 0.2) is 0 Å². The Kier molecular flexibility index (Phi) is 10.4. The molecule has 0 aromatic heterocycles. The monoisotopic (exact) mass is 716 g/mol. The summed E-state index contributed by atoms with van der Waals surface area (Å²) < 4.78 is 6.32. The van der Waals surface area contributed by atoms with Gasteiger partial charge in [0.05, 0.1) is 0 Å². The number of carboxylic acids is 1. The topological polar surface area (TPSA) is 83.8 Å². The Hall–Kier alpha value is -5.94. The van der Waals surface area contributed by atoms with Gasteiger partial charge in [0.1, 0.15) is 22.6 Å². The van der Waals surface area contributed by atoms with Crippen molar-refractivity contribution in [3.8, 4) is 11.5 Å². The Bertz CT molecular complexity index is 2270. The number of carbonyl (C=O) groups is 2. The summed E-state index contributed by atoms with van der Waals surface area (Å²) in [5.74, 6) is -2.60. The zero-order valence-electron chi connectivity index (χ0n) is 32.1. The lowest BCUT2D eigenvalue weighted by Crippen LogP contribution is -2.27. The first-order valence-electron chi connectivity index (χ1n) is 18.4. The van der Waals surface area contributed by atoms with E-state index in [4.69, 9.17) is 4.74 Å². The minimum atomic E-state index is -1.23. The van der Waals surface area contributed by atoms with E-state index in [0.717, 1.165) is 33.4 Å². The van der Waals surface area contributed by atoms with Crippen LogP contribution in [0.4, 0.5) is 0 Å². The second kappa shape index (κ2) is 14.8. The molecule has 2 N–H and O–H groups in total. The molecule has 5 nitrogen and oxygen atoms in total. The minimum Gasteiger partial charge on any atom is -0.507 e. The molecule has 0 spiro atoms. The molecule has 0 aliphatic rings. The molecule has 274 valence electrons. The SMILES string of the molecule is CC(c1ccccc1)c1cc(C(C)(C)c2ccccc2)cc(C(=O)Oc2c(C(=O)O)cc(C(C)(C)c3ccccc3)cc2C(C)(C)c2ccccc2)c1O. The van der Waals surface area contributed by atoms with E-state index in [1.54, 1.807) is 12.1 Å². The molecule has 0 heterocycles. The molecule has 0 radical (unpaired) electrons. The molecule has 0 aliphatic carbocycles. The quantitative estimate of drug-likeness (QED) is 0.103. The maximum absolute atomic E-state index is 14.7. The van der Waals surface area contributed by atoms with E-state index in [1.165, 1.54) is 0 Å². The molecule has 0 fully saturated rings. The van der Waals surface area contributed by atoms with Gasteiger partial charge in [-0.15, -0.1) is 0 Å². The largest absolute Gasteiger partial charge is 0.507 e. The summed E-state index contributed by atoms with van der Waals surface area (Å²) in [6.45, 7) is 14.3. The Morgan fingerprint density at radius 3 is 1.41 bits per heavy atom. The van der Waals surface area contributed by atoms with Crippen LogP contribution in [0.5, 0.6) is 11.5 Å². The molecule has 6 rings (SSSR count). The summed E-state index contributed by atoms with van der Waals surface area (Å²) in [5, 5.41) is 22.8. The first-order valence-corrected chi connectivity index (χ1v) is 18.4. The van der Waals surface area contributed by atoms with Crippen molar-refractivity contribution in [2.75, 3.05) is 0 Å². The van der Waals surface area contributed by atoms with E-state index >= 15 is 0 Å². The number of hydrogen-bond donors (Lipinski definition) is 2. The van der Waals surface area contributed by atoms with Crippen molar-refractivity contribution in [3.05, 3.63) is 201 Å². The van der Waals surface area contributed by atoms with Gasteiger partial charge in [0.25, 0.3) is 0 Å². The molecular weight excluding hydrogens is 669 g/mol. The average molecular weight is 717 g/mol. The third-order valence-corrected chi connectivity index (χ3v) is 11.2. The van der Waals surface area contributed by atoms with Crippen molar-refractivity contribution in [2.45, 2.75) is 70.6 Å². The van der Waals surface area contributed by atoms with Crippen LogP contribution in [0.3, 0.4) is 0 Å². The fraction of sp³-hybridized carbons (Fsp3) is 0.224. The standard InChI is InChI=1S/C49H48O5/c1-32(33-20-12-8-13-21-33)39-28-37(47(2,3)34-22-14-9-15-23-34)29-40(43(39)50)46(53)54-44-41(45(51)52)30-38(48(4,5)35-24-16-10-17-25-35)31-42(44)49(6,7)36-26-18-11-19-27-36/h8-32,50H,1-7H3,(H,51,52). The van der Waals surface area contributed by atoms with Crippen LogP contribution in [0, 0.1) is 0 Å². The van der Waals surface area contributed by atoms with Crippen LogP contribution in [0.25, 0.3) is 0 Å². The maximum Gasteiger partial charge on any atom is 0.347 e. The van der Waals surface area contributed by atoms with Crippen molar-refractivity contribution in [2.24, 2.45) is 0 Å². The molecule has 0 aliphatic heterocycles. The Morgan fingerprint density at radius 2 is 0.944 bits per heavy atom. The summed E-state index contributed by atoms with van der Waals surface area (Å²) in [6, 6.07) is 46.7. The summed E-state index contributed by atoms with van der Waals surface area (Å²) in [4.78, 5) is 27.9. The van der Waals surface area contributed by atoms with E-state index in [0.29, 0.717) is 11.1 Å². The van der Waals surface area contributed by atoms with Crippen molar-refractivity contribution in [1.82, 2.24) is 0 Å². The van der Waals surface area contributed by atoms with Gasteiger partial charge in [-0.3, -0.25) is 0 Å². The predicted octanol–water partition coefficient (Wildman–Crippen LogP) is 11.4. The molecule has 1 atom stereocenters. The highest BCUT2D eigenvalue weighted by molar-refractivity contribution is 5.98. The number of phenols is 1. The highest BCUT2D eigenvalue weighted by Gasteiger charge is 2.36. The summed E-state index contributed by atoms with van der Waals surface area (Å²) in [5.41, 5.74) is 4.48. The molecule has 1 unspecified atom stereocenters. The van der Waals surface area contributed by atoms with Gasteiger partial charge in [0.2, 0.25) is 0 Å². The zero-order chi connectivity index (χ0) is 38.8. The van der Waals surface area contributed by atoms with Crippen LogP contribution in [-0.2, 0) is 16.2 Å². The number of aromatic carboxylic acids is 1. The second-order valence-electron chi connectivity index (χ2n) is 15.7. The van der Waals surface area contributed by atoms with Crippen LogP contribution in [0.2, 0.25) is 0 Å². The van der Waals surface area contributed by atoms with E-state index < -0.39 is 28.2 Å².